The molecule has 4 rings (SSSR count). The van der Waals surface area contributed by atoms with Gasteiger partial charge in [0.2, 0.25) is 0 Å². The lowest BCUT2D eigenvalue weighted by molar-refractivity contribution is 0.414. The molecule has 1 unspecified atom stereocenters. The molecule has 0 fully saturated rings. The number of aromatic nitrogens is 5. The van der Waals surface area contributed by atoms with Crippen LogP contribution in [-0.4, -0.2) is 37.7 Å². The molecule has 10 heteroatoms. The molecule has 4 N–H and O–H groups in total. The summed E-state index contributed by atoms with van der Waals surface area (Å²) >= 11 is 0. The van der Waals surface area contributed by atoms with Crippen LogP contribution in [0.15, 0.2) is 61.3 Å². The topological polar surface area (TPSA) is 159 Å². The summed E-state index contributed by atoms with van der Waals surface area (Å²) in [6.07, 6.45) is 6.40. The summed E-state index contributed by atoms with van der Waals surface area (Å²) in [5.41, 5.74) is 8.86. The number of pyridine rings is 1. The zero-order valence-electron chi connectivity index (χ0n) is 18.5. The second-order valence-corrected chi connectivity index (χ2v) is 7.33. The first kappa shape index (κ1) is 22.3. The van der Waals surface area contributed by atoms with Crippen LogP contribution in [0, 0.1) is 16.7 Å². The lowest BCUT2D eigenvalue weighted by Gasteiger charge is -2.18. The fourth-order valence-corrected chi connectivity index (χ4v) is 3.35. The molecule has 3 heterocycles. The van der Waals surface area contributed by atoms with Gasteiger partial charge in [-0.25, -0.2) is 19.9 Å². The van der Waals surface area contributed by atoms with Crippen LogP contribution in [0.4, 0.5) is 11.6 Å². The minimum Gasteiger partial charge on any atom is -0.497 e. The fraction of sp³-hybridized carbons (Fsp3) is 0.125. The van der Waals surface area contributed by atoms with Crippen LogP contribution >= 0.6 is 0 Å². The van der Waals surface area contributed by atoms with Gasteiger partial charge in [-0.2, -0.15) is 5.26 Å². The minimum atomic E-state index is -0.292. The minimum absolute atomic E-state index is 0.0573. The van der Waals surface area contributed by atoms with Crippen LogP contribution in [0.1, 0.15) is 35.3 Å². The third kappa shape index (κ3) is 4.63. The largest absolute Gasteiger partial charge is 0.497 e. The van der Waals surface area contributed by atoms with Crippen molar-refractivity contribution in [3.8, 4) is 23.2 Å². The predicted molar refractivity (Wildman–Crippen MR) is 127 cm³/mol. The Labute approximate surface area is 196 Å². The standard InChI is InChI=1S/C24H21N9O/c1-14(19-5-7-29-23(33-19)16-4-3-6-28-12-16)32-24-20(22(27)30-13-31-24)21(26)17-8-15(11-25)9-18(10-17)34-2/h3-10,12-14,26H,1-2H3,(H3,27,30,31,32). The van der Waals surface area contributed by atoms with Crippen molar-refractivity contribution < 1.29 is 4.74 Å². The van der Waals surface area contributed by atoms with Gasteiger partial charge >= 0.3 is 0 Å². The van der Waals surface area contributed by atoms with Crippen molar-refractivity contribution in [1.82, 2.24) is 24.9 Å². The van der Waals surface area contributed by atoms with E-state index in [1.54, 1.807) is 42.9 Å². The number of benzene rings is 1. The number of ether oxygens (including phenoxy) is 1. The Balaban J connectivity index is 1.67. The van der Waals surface area contributed by atoms with Gasteiger partial charge < -0.3 is 15.8 Å². The maximum Gasteiger partial charge on any atom is 0.161 e. The van der Waals surface area contributed by atoms with E-state index in [0.29, 0.717) is 34.1 Å². The Kier molecular flexibility index (Phi) is 6.36. The second-order valence-electron chi connectivity index (χ2n) is 7.33. The normalized spacial score (nSPS) is 11.3. The summed E-state index contributed by atoms with van der Waals surface area (Å²) in [6, 6.07) is 12.1. The van der Waals surface area contributed by atoms with Gasteiger partial charge in [0, 0.05) is 29.7 Å². The maximum atomic E-state index is 9.34. The monoisotopic (exact) mass is 451 g/mol. The van der Waals surface area contributed by atoms with Gasteiger partial charge in [-0.05, 0) is 43.3 Å². The van der Waals surface area contributed by atoms with Gasteiger partial charge in [0.25, 0.3) is 0 Å². The van der Waals surface area contributed by atoms with Crippen molar-refractivity contribution in [2.75, 3.05) is 18.2 Å². The SMILES string of the molecule is COc1cc(C#N)cc(C(=N)c2c(N)ncnc2NC(C)c2ccnc(-c3cccnc3)n2)c1. The van der Waals surface area contributed by atoms with Crippen molar-refractivity contribution in [2.24, 2.45) is 0 Å². The van der Waals surface area contributed by atoms with E-state index in [9.17, 15) is 5.26 Å². The number of hydrogen-bond acceptors (Lipinski definition) is 10. The Morgan fingerprint density at radius 1 is 1.18 bits per heavy atom. The molecule has 34 heavy (non-hydrogen) atoms. The molecule has 0 saturated carbocycles. The average Bonchev–Trinajstić information content (AvgIpc) is 2.88. The van der Waals surface area contributed by atoms with Gasteiger partial charge in [0.15, 0.2) is 5.82 Å². The molecule has 0 aliphatic carbocycles. The first-order valence-electron chi connectivity index (χ1n) is 10.3. The van der Waals surface area contributed by atoms with Gasteiger partial charge in [-0.1, -0.05) is 0 Å². The lowest BCUT2D eigenvalue weighted by Crippen LogP contribution is -2.17. The quantitative estimate of drug-likeness (QED) is 0.358. The van der Waals surface area contributed by atoms with Gasteiger partial charge in [0.05, 0.1) is 41.8 Å². The number of anilines is 2. The molecule has 1 atom stereocenters. The van der Waals surface area contributed by atoms with E-state index in [-0.39, 0.29) is 17.6 Å². The molecule has 168 valence electrons. The molecule has 10 nitrogen and oxygen atoms in total. The number of methoxy groups -OCH3 is 1. The Morgan fingerprint density at radius 3 is 2.76 bits per heavy atom. The Morgan fingerprint density at radius 2 is 2.03 bits per heavy atom. The van der Waals surface area contributed by atoms with Crippen molar-refractivity contribution in [3.05, 3.63) is 83.7 Å². The van der Waals surface area contributed by atoms with Crippen molar-refractivity contribution in [1.29, 1.82) is 10.7 Å². The molecule has 0 bridgehead atoms. The molecule has 0 aliphatic rings. The van der Waals surface area contributed by atoms with Gasteiger partial charge in [-0.3, -0.25) is 10.4 Å². The van der Waals surface area contributed by atoms with Crippen molar-refractivity contribution >= 4 is 17.3 Å². The molecule has 1 aromatic carbocycles. The molecule has 0 saturated heterocycles. The number of hydrogen-bond donors (Lipinski definition) is 3. The van der Waals surface area contributed by atoms with Crippen molar-refractivity contribution in [3.63, 3.8) is 0 Å². The number of nitrogen functional groups attached to an aromatic ring is 1. The molecule has 0 aliphatic heterocycles. The third-order valence-electron chi connectivity index (χ3n) is 5.08. The fourth-order valence-electron chi connectivity index (χ4n) is 3.35. The maximum absolute atomic E-state index is 9.34. The highest BCUT2D eigenvalue weighted by Gasteiger charge is 2.20. The van der Waals surface area contributed by atoms with Crippen LogP contribution in [-0.2, 0) is 0 Å². The van der Waals surface area contributed by atoms with Gasteiger partial charge in [-0.15, -0.1) is 0 Å². The molecule has 4 aromatic rings. The van der Waals surface area contributed by atoms with E-state index in [1.165, 1.54) is 13.4 Å². The number of nitriles is 1. The second kappa shape index (κ2) is 9.70. The van der Waals surface area contributed by atoms with Gasteiger partial charge in [0.1, 0.15) is 23.7 Å². The van der Waals surface area contributed by atoms with Crippen LogP contribution < -0.4 is 15.8 Å². The van der Waals surface area contributed by atoms with E-state index in [0.717, 1.165) is 11.3 Å². The Hall–Kier alpha value is -4.91. The number of nitrogens with two attached hydrogens (primary N) is 1. The van der Waals surface area contributed by atoms with Crippen LogP contribution in [0.25, 0.3) is 11.4 Å². The zero-order valence-corrected chi connectivity index (χ0v) is 18.5. The smallest absolute Gasteiger partial charge is 0.161 e. The van der Waals surface area contributed by atoms with E-state index < -0.39 is 0 Å². The first-order chi connectivity index (χ1) is 16.5. The summed E-state index contributed by atoms with van der Waals surface area (Å²) in [5.74, 6) is 1.51. The van der Waals surface area contributed by atoms with Crippen LogP contribution in [0.5, 0.6) is 5.75 Å². The molecular weight excluding hydrogens is 430 g/mol. The number of nitrogens with one attached hydrogen (secondary N) is 2. The molecule has 0 amide bonds. The lowest BCUT2D eigenvalue weighted by atomic mass is 10.0. The van der Waals surface area contributed by atoms with Crippen molar-refractivity contribution in [2.45, 2.75) is 13.0 Å². The van der Waals surface area contributed by atoms with Crippen LogP contribution in [0.3, 0.4) is 0 Å². The van der Waals surface area contributed by atoms with E-state index in [4.69, 9.17) is 15.9 Å². The van der Waals surface area contributed by atoms with Crippen LogP contribution in [0.2, 0.25) is 0 Å². The zero-order chi connectivity index (χ0) is 24.1. The van der Waals surface area contributed by atoms with E-state index in [2.05, 4.69) is 36.3 Å². The molecule has 0 spiro atoms. The summed E-state index contributed by atoms with van der Waals surface area (Å²) < 4.78 is 5.27. The highest BCUT2D eigenvalue weighted by Crippen LogP contribution is 2.27. The molecule has 3 aromatic heterocycles. The van der Waals surface area contributed by atoms with E-state index >= 15 is 0 Å². The van der Waals surface area contributed by atoms with E-state index in [1.807, 2.05) is 19.1 Å². The summed E-state index contributed by atoms with van der Waals surface area (Å²) in [6.45, 7) is 1.92. The summed E-state index contributed by atoms with van der Waals surface area (Å²) in [7, 11) is 1.50. The third-order valence-corrected chi connectivity index (χ3v) is 5.08. The highest BCUT2D eigenvalue weighted by molar-refractivity contribution is 6.16. The summed E-state index contributed by atoms with van der Waals surface area (Å²) in [4.78, 5) is 21.5. The number of nitrogens with zero attached hydrogens (tertiary/aromatic N) is 6. The molecular formula is C24H21N9O. The molecule has 0 radical (unpaired) electrons. The average molecular weight is 451 g/mol. The first-order valence-corrected chi connectivity index (χ1v) is 10.3. The number of rotatable bonds is 7. The Bertz CT molecular complexity index is 1380. The predicted octanol–water partition coefficient (Wildman–Crippen LogP) is 3.38. The highest BCUT2D eigenvalue weighted by atomic mass is 16.5. The summed E-state index contributed by atoms with van der Waals surface area (Å²) in [5, 5.41) is 21.4.